The van der Waals surface area contributed by atoms with E-state index in [0.29, 0.717) is 17.9 Å². The van der Waals surface area contributed by atoms with Gasteiger partial charge in [-0.05, 0) is 25.1 Å². The van der Waals surface area contributed by atoms with Crippen molar-refractivity contribution in [2.45, 2.75) is 47.6 Å². The molecular weight excluding hydrogens is 298 g/mol. The molecule has 1 saturated heterocycles. The molecule has 23 heavy (non-hydrogen) atoms. The number of aliphatic hydroxyl groups is 2. The maximum atomic E-state index is 12.6. The standard InChI is InChI=1S/C17H17NO5/c1-18-14-16(18)6-15-11-7(16)3-4-9(22-2)12(11)23-13(15)8(19)5-10(20)17(14,15)21/h3-4,10,13-14,20-21H,5-6H2,1-2H3/t10-,13+,14-,15+,16?,17?,18?/m1/s1. The van der Waals surface area contributed by atoms with Gasteiger partial charge in [-0.15, -0.1) is 0 Å². The topological polar surface area (TPSA) is 79.0 Å². The van der Waals surface area contributed by atoms with Crippen LogP contribution < -0.4 is 9.47 Å². The fourth-order valence-electron chi connectivity index (χ4n) is 6.45. The number of carbonyl (C=O) groups excluding carboxylic acids is 1. The lowest BCUT2D eigenvalue weighted by molar-refractivity contribution is -0.179. The first kappa shape index (κ1) is 12.8. The van der Waals surface area contributed by atoms with E-state index in [4.69, 9.17) is 9.47 Å². The van der Waals surface area contributed by atoms with Crippen LogP contribution in [0, 0.1) is 0 Å². The lowest BCUT2D eigenvalue weighted by atomic mass is 9.58. The number of rotatable bonds is 1. The third-order valence-corrected chi connectivity index (χ3v) is 7.21. The molecule has 3 fully saturated rings. The van der Waals surface area contributed by atoms with Gasteiger partial charge in [-0.2, -0.15) is 0 Å². The third kappa shape index (κ3) is 0.880. The van der Waals surface area contributed by atoms with E-state index < -0.39 is 23.2 Å². The summed E-state index contributed by atoms with van der Waals surface area (Å²) in [6.45, 7) is 0. The van der Waals surface area contributed by atoms with E-state index in [0.717, 1.165) is 11.1 Å². The zero-order chi connectivity index (χ0) is 15.9. The Morgan fingerprint density at radius 1 is 1.43 bits per heavy atom. The van der Waals surface area contributed by atoms with Crippen molar-refractivity contribution in [3.8, 4) is 11.5 Å². The first-order valence-corrected chi connectivity index (χ1v) is 7.99. The van der Waals surface area contributed by atoms with Gasteiger partial charge < -0.3 is 19.7 Å². The molecule has 0 radical (unpaired) electrons. The first-order valence-electron chi connectivity index (χ1n) is 7.99. The van der Waals surface area contributed by atoms with Crippen molar-refractivity contribution in [3.05, 3.63) is 23.3 Å². The van der Waals surface area contributed by atoms with Gasteiger partial charge in [-0.1, -0.05) is 6.07 Å². The molecule has 3 unspecified atom stereocenters. The number of carbonyl (C=O) groups is 1. The Balaban J connectivity index is 1.76. The van der Waals surface area contributed by atoms with E-state index in [1.807, 2.05) is 19.2 Å². The summed E-state index contributed by atoms with van der Waals surface area (Å²) in [6.07, 6.45) is -1.21. The average Bonchev–Trinajstić information content (AvgIpc) is 2.85. The van der Waals surface area contributed by atoms with Gasteiger partial charge in [0.05, 0.1) is 30.2 Å². The van der Waals surface area contributed by atoms with Gasteiger partial charge in [0, 0.05) is 12.0 Å². The van der Waals surface area contributed by atoms with Crippen molar-refractivity contribution < 1.29 is 24.5 Å². The van der Waals surface area contributed by atoms with E-state index in [1.165, 1.54) is 0 Å². The Labute approximate surface area is 132 Å². The second-order valence-electron chi connectivity index (χ2n) is 7.61. The molecule has 2 saturated carbocycles. The molecule has 120 valence electrons. The second kappa shape index (κ2) is 3.14. The lowest BCUT2D eigenvalue weighted by Crippen LogP contribution is -2.70. The summed E-state index contributed by atoms with van der Waals surface area (Å²) in [5.41, 5.74) is -0.450. The van der Waals surface area contributed by atoms with Crippen LogP contribution in [0.15, 0.2) is 12.1 Å². The average molecular weight is 315 g/mol. The predicted molar refractivity (Wildman–Crippen MR) is 77.5 cm³/mol. The number of ketones is 1. The minimum absolute atomic E-state index is 0.0605. The van der Waals surface area contributed by atoms with Gasteiger partial charge in [0.2, 0.25) is 0 Å². The maximum absolute atomic E-state index is 12.6. The number of hydrogen-bond donors (Lipinski definition) is 2. The third-order valence-electron chi connectivity index (χ3n) is 7.21. The van der Waals surface area contributed by atoms with Crippen LogP contribution in [0.5, 0.6) is 11.5 Å². The Morgan fingerprint density at radius 2 is 2.22 bits per heavy atom. The summed E-state index contributed by atoms with van der Waals surface area (Å²) in [4.78, 5) is 14.7. The van der Waals surface area contributed by atoms with Crippen LogP contribution in [-0.4, -0.2) is 58.9 Å². The summed E-state index contributed by atoms with van der Waals surface area (Å²) >= 11 is 0. The SMILES string of the molecule is COc1ccc2c3c1O[C@H]1C(=O)C[C@@H](O)C4(O)[C@@H]5N(C)C25C[C@]314. The van der Waals surface area contributed by atoms with Crippen LogP contribution in [0.1, 0.15) is 24.0 Å². The van der Waals surface area contributed by atoms with Crippen molar-refractivity contribution in [2.24, 2.45) is 0 Å². The number of likely N-dealkylation sites (N-methyl/N-ethyl adjacent to an activating group) is 1. The van der Waals surface area contributed by atoms with Gasteiger partial charge in [0.15, 0.2) is 23.4 Å². The summed E-state index contributed by atoms with van der Waals surface area (Å²) in [5, 5.41) is 22.2. The second-order valence-corrected chi connectivity index (χ2v) is 7.61. The molecular formula is C17H17NO5. The normalized spacial score (nSPS) is 53.0. The van der Waals surface area contributed by atoms with E-state index in [9.17, 15) is 15.0 Å². The van der Waals surface area contributed by atoms with Crippen LogP contribution in [-0.2, 0) is 15.7 Å². The lowest BCUT2D eigenvalue weighted by Gasteiger charge is -2.49. The van der Waals surface area contributed by atoms with Crippen molar-refractivity contribution in [1.29, 1.82) is 0 Å². The first-order chi connectivity index (χ1) is 10.9. The van der Waals surface area contributed by atoms with Gasteiger partial charge in [-0.25, -0.2) is 0 Å². The molecule has 6 rings (SSSR count). The Morgan fingerprint density at radius 3 is 2.96 bits per heavy atom. The van der Waals surface area contributed by atoms with Gasteiger partial charge in [0.1, 0.15) is 5.60 Å². The van der Waals surface area contributed by atoms with Crippen LogP contribution in [0.25, 0.3) is 0 Å². The van der Waals surface area contributed by atoms with E-state index >= 15 is 0 Å². The summed E-state index contributed by atoms with van der Waals surface area (Å²) in [6, 6.07) is 3.75. The number of piperidine rings is 1. The number of methoxy groups -OCH3 is 1. The fourth-order valence-corrected chi connectivity index (χ4v) is 6.45. The molecule has 2 N–H and O–H groups in total. The molecule has 2 heterocycles. The molecule has 1 aromatic rings. The van der Waals surface area contributed by atoms with Crippen LogP contribution >= 0.6 is 0 Å². The van der Waals surface area contributed by atoms with Crippen molar-refractivity contribution >= 4 is 5.78 Å². The molecule has 3 aliphatic carbocycles. The van der Waals surface area contributed by atoms with Crippen LogP contribution in [0.4, 0.5) is 0 Å². The van der Waals surface area contributed by atoms with E-state index in [1.54, 1.807) is 7.11 Å². The maximum Gasteiger partial charge on any atom is 0.177 e. The highest BCUT2D eigenvalue weighted by atomic mass is 16.5. The molecule has 7 atom stereocenters. The Hall–Kier alpha value is -1.63. The van der Waals surface area contributed by atoms with Crippen LogP contribution in [0.3, 0.4) is 0 Å². The largest absolute Gasteiger partial charge is 0.493 e. The summed E-state index contributed by atoms with van der Waals surface area (Å²) in [5.74, 6) is 1.03. The number of ether oxygens (including phenoxy) is 2. The number of aliphatic hydroxyl groups excluding tert-OH is 1. The van der Waals surface area contributed by atoms with Crippen molar-refractivity contribution in [3.63, 3.8) is 0 Å². The number of nitrogens with zero attached hydrogens (tertiary/aromatic N) is 1. The zero-order valence-corrected chi connectivity index (χ0v) is 12.9. The molecule has 5 aliphatic rings. The highest BCUT2D eigenvalue weighted by Gasteiger charge is 2.93. The van der Waals surface area contributed by atoms with E-state index in [-0.39, 0.29) is 23.8 Å². The quantitative estimate of drug-likeness (QED) is 0.692. The number of benzene rings is 1. The molecule has 6 nitrogen and oxygen atoms in total. The molecule has 2 bridgehead atoms. The van der Waals surface area contributed by atoms with Crippen LogP contribution in [0.2, 0.25) is 0 Å². The molecule has 2 aliphatic heterocycles. The molecule has 0 aromatic heterocycles. The number of fused-ring (bicyclic) bond motifs is 1. The smallest absolute Gasteiger partial charge is 0.177 e. The summed E-state index contributed by atoms with van der Waals surface area (Å²) < 4.78 is 11.4. The molecule has 0 amide bonds. The van der Waals surface area contributed by atoms with Gasteiger partial charge in [0.25, 0.3) is 0 Å². The Bertz CT molecular complexity index is 823. The monoisotopic (exact) mass is 315 g/mol. The predicted octanol–water partition coefficient (Wildman–Crippen LogP) is -0.315. The highest BCUT2D eigenvalue weighted by Crippen LogP contribution is 2.81. The minimum atomic E-state index is -1.34. The van der Waals surface area contributed by atoms with Crippen molar-refractivity contribution in [1.82, 2.24) is 4.90 Å². The zero-order valence-electron chi connectivity index (χ0n) is 12.9. The van der Waals surface area contributed by atoms with Gasteiger partial charge in [-0.3, -0.25) is 9.69 Å². The number of hydrogen-bond acceptors (Lipinski definition) is 6. The molecule has 1 aromatic carbocycles. The number of Topliss-reactive ketones (excluding diaryl/α,β-unsaturated/α-hetero) is 1. The Kier molecular flexibility index (Phi) is 1.74. The highest BCUT2D eigenvalue weighted by molar-refractivity contribution is 5.92. The summed E-state index contributed by atoms with van der Waals surface area (Å²) in [7, 11) is 3.55. The fraction of sp³-hybridized carbons (Fsp3) is 0.588. The van der Waals surface area contributed by atoms with Crippen molar-refractivity contribution in [2.75, 3.05) is 14.2 Å². The minimum Gasteiger partial charge on any atom is -0.493 e. The molecule has 6 heteroatoms. The van der Waals surface area contributed by atoms with Gasteiger partial charge >= 0.3 is 0 Å². The van der Waals surface area contributed by atoms with E-state index in [2.05, 4.69) is 4.90 Å². The number of likely N-dealkylation sites (tertiary alicyclic amines) is 1. The molecule has 2 spiro atoms.